The molecule has 0 aromatic heterocycles. The summed E-state index contributed by atoms with van der Waals surface area (Å²) in [5, 5.41) is 1.75. The molecule has 1 heterocycles. The first kappa shape index (κ1) is 0.766. The van der Waals surface area contributed by atoms with Gasteiger partial charge in [-0.1, -0.05) is 6.37 Å². The Bertz CT molecular complexity index is 342. The van der Waals surface area contributed by atoms with E-state index in [0.717, 1.165) is 0 Å². The fraction of sp³-hybridized carbons (Fsp3) is 1.00. The summed E-state index contributed by atoms with van der Waals surface area (Å²) < 4.78 is 81.1. The standard InChI is InChI=1S/C6H13N/c1-6-4-2-3-5-7-6/h6-7H,2-5H2,1H3/i1D3,2D2,3D2,4D2,5D2. The van der Waals surface area contributed by atoms with Gasteiger partial charge in [0.05, 0.1) is 0 Å². The van der Waals surface area contributed by atoms with Gasteiger partial charge in [-0.3, -0.25) is 0 Å². The van der Waals surface area contributed by atoms with Crippen LogP contribution in [-0.2, 0) is 0 Å². The van der Waals surface area contributed by atoms with Crippen LogP contribution in [0.15, 0.2) is 0 Å². The van der Waals surface area contributed by atoms with Gasteiger partial charge in [0.15, 0.2) is 0 Å². The molecule has 0 radical (unpaired) electrons. The first-order valence-electron chi connectivity index (χ1n) is 7.37. The molecular weight excluding hydrogens is 86.1 g/mol. The van der Waals surface area contributed by atoms with Crippen LogP contribution in [0.3, 0.4) is 0 Å². The molecule has 1 atom stereocenters. The molecule has 7 heavy (non-hydrogen) atoms. The zero-order chi connectivity index (χ0) is 14.8. The average molecular weight is 110 g/mol. The van der Waals surface area contributed by atoms with Crippen LogP contribution in [0.25, 0.3) is 0 Å². The molecule has 1 unspecified atom stereocenters. The van der Waals surface area contributed by atoms with Crippen LogP contribution in [-0.4, -0.2) is 12.5 Å². The van der Waals surface area contributed by atoms with E-state index in [-0.39, 0.29) is 0 Å². The molecular formula is C6H13N. The quantitative estimate of drug-likeness (QED) is 0.493. The van der Waals surface area contributed by atoms with E-state index in [4.69, 9.17) is 15.1 Å². The summed E-state index contributed by atoms with van der Waals surface area (Å²) in [4.78, 5) is 0. The van der Waals surface area contributed by atoms with Crippen molar-refractivity contribution in [3.8, 4) is 0 Å². The van der Waals surface area contributed by atoms with E-state index < -0.39 is 38.5 Å². The molecule has 1 aliphatic heterocycles. The Hall–Kier alpha value is -0.0400. The van der Waals surface area contributed by atoms with Crippen molar-refractivity contribution in [3.05, 3.63) is 0 Å². The minimum atomic E-state index is -3.30. The average Bonchev–Trinajstić information content (AvgIpc) is 2.09. The highest BCUT2D eigenvalue weighted by atomic mass is 14.9. The van der Waals surface area contributed by atoms with E-state index in [9.17, 15) is 0 Å². The minimum absolute atomic E-state index is 1.75. The third-order valence-corrected chi connectivity index (χ3v) is 0.558. The molecule has 0 bridgehead atoms. The highest BCUT2D eigenvalue weighted by Gasteiger charge is 2.04. The number of piperidine rings is 1. The zero-order valence-electron chi connectivity index (χ0n) is 14.6. The molecule has 0 amide bonds. The van der Waals surface area contributed by atoms with Crippen LogP contribution in [0.2, 0.25) is 0 Å². The summed E-state index contributed by atoms with van der Waals surface area (Å²) in [5.74, 6) is 0. The van der Waals surface area contributed by atoms with Crippen LogP contribution in [0.1, 0.15) is 41.0 Å². The predicted molar refractivity (Wildman–Crippen MR) is 31.3 cm³/mol. The lowest BCUT2D eigenvalue weighted by Crippen LogP contribution is -2.30. The number of hydrogen-bond acceptors (Lipinski definition) is 1. The van der Waals surface area contributed by atoms with E-state index >= 15 is 0 Å². The van der Waals surface area contributed by atoms with Crippen molar-refractivity contribution in [1.29, 1.82) is 0 Å². The summed E-state index contributed by atoms with van der Waals surface area (Å²) in [7, 11) is 0. The second-order valence-electron chi connectivity index (χ2n) is 1.10. The van der Waals surface area contributed by atoms with Crippen LogP contribution < -0.4 is 5.32 Å². The van der Waals surface area contributed by atoms with Gasteiger partial charge < -0.3 is 5.32 Å². The highest BCUT2D eigenvalue weighted by molar-refractivity contribution is 4.65. The smallest absolute Gasteiger partial charge is 0.0428 e. The van der Waals surface area contributed by atoms with Gasteiger partial charge in [0.1, 0.15) is 0 Å². The first-order valence-corrected chi connectivity index (χ1v) is 1.87. The second kappa shape index (κ2) is 2.31. The predicted octanol–water partition coefficient (Wildman–Crippen LogP) is 1.15. The lowest BCUT2D eigenvalue weighted by Gasteiger charge is -2.18. The van der Waals surface area contributed by atoms with Crippen LogP contribution in [0, 0.1) is 0 Å². The van der Waals surface area contributed by atoms with Gasteiger partial charge in [-0.15, -0.1) is 0 Å². The van der Waals surface area contributed by atoms with Crippen LogP contribution >= 0.6 is 0 Å². The van der Waals surface area contributed by atoms with Crippen molar-refractivity contribution in [2.24, 2.45) is 0 Å². The maximum Gasteiger partial charge on any atom is 0.0428 e. The van der Waals surface area contributed by atoms with E-state index in [1.54, 1.807) is 5.32 Å². The molecule has 1 heteroatoms. The normalized spacial score (nSPS) is 86.9. The lowest BCUT2D eigenvalue weighted by atomic mass is 10.1. The van der Waals surface area contributed by atoms with Gasteiger partial charge in [0.25, 0.3) is 0 Å². The van der Waals surface area contributed by atoms with Crippen LogP contribution in [0.4, 0.5) is 0 Å². The monoisotopic (exact) mass is 110 g/mol. The van der Waals surface area contributed by atoms with E-state index in [1.807, 2.05) is 0 Å². The SMILES string of the molecule is [2H]C([2H])([2H])C1NC([2H])([2H])C([2H])([2H])C([2H])([2H])C1([2H])[2H]. The molecule has 1 rings (SSSR count). The van der Waals surface area contributed by atoms with Gasteiger partial charge in [-0.05, 0) is 26.1 Å². The molecule has 0 spiro atoms. The summed E-state index contributed by atoms with van der Waals surface area (Å²) in [6, 6.07) is -2.14. The van der Waals surface area contributed by atoms with Gasteiger partial charge in [0.2, 0.25) is 0 Å². The molecule has 1 N–H and O–H groups in total. The molecule has 0 aliphatic carbocycles. The number of nitrogens with one attached hydrogen (secondary N) is 1. The molecule has 0 aromatic rings. The molecule has 1 saturated heterocycles. The Morgan fingerprint density at radius 2 is 2.86 bits per heavy atom. The second-order valence-corrected chi connectivity index (χ2v) is 1.10. The van der Waals surface area contributed by atoms with Gasteiger partial charge in [-0.25, -0.2) is 0 Å². The van der Waals surface area contributed by atoms with Gasteiger partial charge in [0, 0.05) is 21.1 Å². The summed E-state index contributed by atoms with van der Waals surface area (Å²) in [6.45, 7) is -6.00. The Kier molecular flexibility index (Phi) is 0.253. The Morgan fingerprint density at radius 3 is 3.71 bits per heavy atom. The minimum Gasteiger partial charge on any atom is -0.314 e. The molecule has 0 aromatic carbocycles. The number of hydrogen-bond donors (Lipinski definition) is 1. The molecule has 1 aliphatic rings. The van der Waals surface area contributed by atoms with Gasteiger partial charge in [-0.2, -0.15) is 0 Å². The zero-order valence-corrected chi connectivity index (χ0v) is 3.58. The molecule has 0 saturated carbocycles. The summed E-state index contributed by atoms with van der Waals surface area (Å²) >= 11 is 0. The van der Waals surface area contributed by atoms with Gasteiger partial charge >= 0.3 is 0 Å². The maximum absolute atomic E-state index is 7.54. The third kappa shape index (κ3) is 1.48. The highest BCUT2D eigenvalue weighted by Crippen LogP contribution is 2.04. The van der Waals surface area contributed by atoms with E-state index in [0.29, 0.717) is 0 Å². The largest absolute Gasteiger partial charge is 0.314 e. The maximum atomic E-state index is 7.54. The van der Waals surface area contributed by atoms with Crippen molar-refractivity contribution < 1.29 is 15.1 Å². The first-order chi connectivity index (χ1) is 7.59. The van der Waals surface area contributed by atoms with E-state index in [2.05, 4.69) is 0 Å². The molecule has 1 fully saturated rings. The fourth-order valence-corrected chi connectivity index (χ4v) is 0.284. The van der Waals surface area contributed by atoms with Crippen molar-refractivity contribution >= 4 is 0 Å². The number of rotatable bonds is 0. The summed E-state index contributed by atoms with van der Waals surface area (Å²) in [6.07, 6.45) is -9.60. The van der Waals surface area contributed by atoms with Crippen LogP contribution in [0.5, 0.6) is 0 Å². The van der Waals surface area contributed by atoms with Crippen molar-refractivity contribution in [2.45, 2.75) is 32.0 Å². The Labute approximate surface area is 60.6 Å². The van der Waals surface area contributed by atoms with Crippen molar-refractivity contribution in [1.82, 2.24) is 5.32 Å². The van der Waals surface area contributed by atoms with E-state index in [1.165, 1.54) is 0 Å². The fourth-order valence-electron chi connectivity index (χ4n) is 0.284. The third-order valence-electron chi connectivity index (χ3n) is 0.558. The Balaban J connectivity index is 3.42. The lowest BCUT2D eigenvalue weighted by molar-refractivity contribution is 0.425. The molecule has 1 nitrogen and oxygen atoms in total. The van der Waals surface area contributed by atoms with Crippen molar-refractivity contribution in [3.63, 3.8) is 0 Å². The summed E-state index contributed by atoms with van der Waals surface area (Å²) in [5.41, 5.74) is 0. The Morgan fingerprint density at radius 1 is 1.86 bits per heavy atom. The van der Waals surface area contributed by atoms with Crippen molar-refractivity contribution in [2.75, 3.05) is 6.50 Å². The molecule has 42 valence electrons. The topological polar surface area (TPSA) is 12.0 Å².